The van der Waals surface area contributed by atoms with Crippen LogP contribution in [0.1, 0.15) is 5.56 Å². The Morgan fingerprint density at radius 2 is 1.13 bits per heavy atom. The minimum absolute atomic E-state index is 0.906. The van der Waals surface area contributed by atoms with Crippen molar-refractivity contribution in [1.29, 1.82) is 0 Å². The molecule has 2 N–H and O–H groups in total. The molecule has 0 atom stereocenters. The molecule has 10 rings (SSSR count). The van der Waals surface area contributed by atoms with Crippen LogP contribution in [-0.4, -0.2) is 16.2 Å². The number of allylic oxidation sites excluding steroid dienone is 1. The zero-order valence-electron chi connectivity index (χ0n) is 24.4. The maximum atomic E-state index is 5.94. The molecule has 0 aliphatic rings. The van der Waals surface area contributed by atoms with Gasteiger partial charge in [0.1, 0.15) is 6.33 Å². The van der Waals surface area contributed by atoms with Gasteiger partial charge in [-0.15, -0.1) is 0 Å². The third kappa shape index (κ3) is 3.46. The number of aromatic nitrogens is 2. The van der Waals surface area contributed by atoms with Crippen LogP contribution in [0.15, 0.2) is 125 Å². The van der Waals surface area contributed by atoms with Crippen molar-refractivity contribution in [1.82, 2.24) is 9.97 Å². The molecule has 9 aromatic carbocycles. The summed E-state index contributed by atoms with van der Waals surface area (Å²) in [5.41, 5.74) is 10.1. The van der Waals surface area contributed by atoms with Gasteiger partial charge in [0, 0.05) is 35.9 Å². The third-order valence-electron chi connectivity index (χ3n) is 9.87. The van der Waals surface area contributed by atoms with Crippen molar-refractivity contribution >= 4 is 121 Å². The largest absolute Gasteiger partial charge is 0.404 e. The molecule has 0 spiro atoms. The number of hydrogen-bond acceptors (Lipinski definition) is 4. The molecule has 0 unspecified atom stereocenters. The second-order valence-corrected chi connectivity index (χ2v) is 12.7. The lowest BCUT2D eigenvalue weighted by Crippen LogP contribution is -1.90. The van der Waals surface area contributed by atoms with Crippen LogP contribution >= 0.6 is 22.9 Å². The zero-order chi connectivity index (χ0) is 30.5. The molecular weight excluding hydrogens is 675 g/mol. The van der Waals surface area contributed by atoms with Gasteiger partial charge >= 0.3 is 0 Å². The Bertz CT molecular complexity index is 2930. The molecular formula is C41H23IN4. The van der Waals surface area contributed by atoms with Crippen LogP contribution in [-0.2, 0) is 0 Å². The molecule has 0 saturated carbocycles. The number of hydrogen-bond donors (Lipinski definition) is 1. The highest BCUT2D eigenvalue weighted by atomic mass is 127. The molecule has 1 heterocycles. The Balaban J connectivity index is 1.30. The summed E-state index contributed by atoms with van der Waals surface area (Å²) in [7, 11) is 0. The first kappa shape index (κ1) is 25.9. The molecule has 0 radical (unpaired) electrons. The molecule has 0 aliphatic carbocycles. The van der Waals surface area contributed by atoms with Crippen molar-refractivity contribution < 1.29 is 0 Å². The van der Waals surface area contributed by atoms with Gasteiger partial charge in [0.15, 0.2) is 0 Å². The van der Waals surface area contributed by atoms with E-state index in [0.717, 1.165) is 22.3 Å². The molecule has 4 nitrogen and oxygen atoms in total. The fraction of sp³-hybridized carbons (Fsp3) is 0. The van der Waals surface area contributed by atoms with E-state index in [1.54, 1.807) is 18.7 Å². The van der Waals surface area contributed by atoms with Crippen LogP contribution in [0.5, 0.6) is 0 Å². The average molecular weight is 699 g/mol. The molecule has 46 heavy (non-hydrogen) atoms. The lowest BCUT2D eigenvalue weighted by atomic mass is 9.93. The Morgan fingerprint density at radius 1 is 0.543 bits per heavy atom. The van der Waals surface area contributed by atoms with Crippen molar-refractivity contribution in [3.63, 3.8) is 0 Å². The minimum Gasteiger partial charge on any atom is -0.404 e. The predicted octanol–water partition coefficient (Wildman–Crippen LogP) is 11.0. The van der Waals surface area contributed by atoms with Crippen LogP contribution in [0.3, 0.4) is 0 Å². The zero-order valence-corrected chi connectivity index (χ0v) is 26.6. The van der Waals surface area contributed by atoms with E-state index in [4.69, 9.17) is 5.73 Å². The summed E-state index contributed by atoms with van der Waals surface area (Å²) < 4.78 is 4.16. The molecule has 10 aromatic rings. The van der Waals surface area contributed by atoms with E-state index < -0.39 is 0 Å². The normalized spacial score (nSPS) is 13.0. The van der Waals surface area contributed by atoms with Gasteiger partial charge in [-0.25, -0.2) is 13.2 Å². The molecule has 5 heteroatoms. The van der Waals surface area contributed by atoms with Gasteiger partial charge in [-0.2, -0.15) is 0 Å². The van der Waals surface area contributed by atoms with Crippen molar-refractivity contribution in [3.8, 4) is 11.1 Å². The lowest BCUT2D eigenvalue weighted by molar-refractivity contribution is 1.17. The van der Waals surface area contributed by atoms with Gasteiger partial charge in [-0.05, 0) is 134 Å². The van der Waals surface area contributed by atoms with Gasteiger partial charge in [0.05, 0.1) is 22.9 Å². The first-order chi connectivity index (χ1) is 22.7. The SMILES string of the molecule is N/C=C(\C=NI)c1ccc2cc3c(cc2c1)c1cccc2c4cc5c6ccc(-c7cncnc7)cc6c6cccc(c4cc3c12)c65. The van der Waals surface area contributed by atoms with Crippen molar-refractivity contribution in [2.24, 2.45) is 8.94 Å². The topological polar surface area (TPSA) is 64.2 Å². The standard InChI is InChI=1S/C41H23IN4/c42-46-20-26(17-43)22-7-8-23-12-35-34(14-25(23)11-22)30-4-2-6-32-36-15-38-28-10-9-24(27-18-44-21-45-19-27)13-33(28)29-3-1-5-31(40(29)38)37(36)16-39(35)41(30)32/h1-21H,43H2/b26-17+,46-20?. The molecule has 0 bridgehead atoms. The quantitative estimate of drug-likeness (QED) is 0.113. The maximum absolute atomic E-state index is 5.94. The Kier molecular flexibility index (Phi) is 5.37. The van der Waals surface area contributed by atoms with E-state index in [1.165, 1.54) is 86.2 Å². The molecule has 0 aliphatic heterocycles. The maximum Gasteiger partial charge on any atom is 0.115 e. The van der Waals surface area contributed by atoms with Crippen LogP contribution in [0.4, 0.5) is 0 Å². The fourth-order valence-corrected chi connectivity index (χ4v) is 8.16. The number of nitrogens with zero attached hydrogens (tertiary/aromatic N) is 3. The Hall–Kier alpha value is -5.40. The van der Waals surface area contributed by atoms with E-state index in [1.807, 2.05) is 35.3 Å². The van der Waals surface area contributed by atoms with E-state index >= 15 is 0 Å². The van der Waals surface area contributed by atoms with E-state index in [-0.39, 0.29) is 0 Å². The second kappa shape index (κ2) is 9.55. The number of fused-ring (bicyclic) bond motifs is 10. The van der Waals surface area contributed by atoms with Gasteiger partial charge in [0.25, 0.3) is 0 Å². The van der Waals surface area contributed by atoms with Crippen molar-refractivity contribution in [2.75, 3.05) is 0 Å². The summed E-state index contributed by atoms with van der Waals surface area (Å²) in [6.07, 6.45) is 8.75. The van der Waals surface area contributed by atoms with E-state index in [2.05, 4.69) is 110 Å². The van der Waals surface area contributed by atoms with Gasteiger partial charge in [0.2, 0.25) is 0 Å². The Labute approximate surface area is 277 Å². The number of rotatable bonds is 3. The number of nitrogens with two attached hydrogens (primary N) is 1. The molecule has 0 amide bonds. The first-order valence-electron chi connectivity index (χ1n) is 15.2. The fourth-order valence-electron chi connectivity index (χ4n) is 7.86. The van der Waals surface area contributed by atoms with E-state index in [9.17, 15) is 0 Å². The number of benzene rings is 7. The third-order valence-corrected chi connectivity index (χ3v) is 10.1. The number of halogens is 1. The minimum atomic E-state index is 0.906. The Morgan fingerprint density at radius 3 is 1.78 bits per heavy atom. The summed E-state index contributed by atoms with van der Waals surface area (Å²) in [5.74, 6) is 0. The molecule has 0 fully saturated rings. The average Bonchev–Trinajstić information content (AvgIpc) is 3.59. The summed E-state index contributed by atoms with van der Waals surface area (Å²) >= 11 is 1.99. The first-order valence-corrected chi connectivity index (χ1v) is 16.2. The summed E-state index contributed by atoms with van der Waals surface area (Å²) in [6.45, 7) is 0. The summed E-state index contributed by atoms with van der Waals surface area (Å²) in [6, 6.07) is 36.4. The predicted molar refractivity (Wildman–Crippen MR) is 205 cm³/mol. The monoisotopic (exact) mass is 698 g/mol. The van der Waals surface area contributed by atoms with Crippen LogP contribution in [0, 0.1) is 0 Å². The van der Waals surface area contributed by atoms with Gasteiger partial charge in [-0.1, -0.05) is 60.7 Å². The van der Waals surface area contributed by atoms with E-state index in [0.29, 0.717) is 0 Å². The highest BCUT2D eigenvalue weighted by Crippen LogP contribution is 2.48. The van der Waals surface area contributed by atoms with Crippen LogP contribution < -0.4 is 5.73 Å². The highest BCUT2D eigenvalue weighted by molar-refractivity contribution is 14.1. The van der Waals surface area contributed by atoms with Crippen LogP contribution in [0.2, 0.25) is 0 Å². The van der Waals surface area contributed by atoms with Gasteiger partial charge in [-0.3, -0.25) is 0 Å². The molecule has 0 saturated heterocycles. The van der Waals surface area contributed by atoms with Gasteiger partial charge < -0.3 is 5.73 Å². The highest BCUT2D eigenvalue weighted by Gasteiger charge is 2.20. The summed E-state index contributed by atoms with van der Waals surface area (Å²) in [4.78, 5) is 8.50. The second-order valence-electron chi connectivity index (χ2n) is 12.1. The molecule has 214 valence electrons. The molecule has 1 aromatic heterocycles. The lowest BCUT2D eigenvalue weighted by Gasteiger charge is -2.10. The summed E-state index contributed by atoms with van der Waals surface area (Å²) in [5, 5.41) is 20.6. The van der Waals surface area contributed by atoms with Crippen molar-refractivity contribution in [2.45, 2.75) is 0 Å². The van der Waals surface area contributed by atoms with Crippen LogP contribution in [0.25, 0.3) is 103 Å². The van der Waals surface area contributed by atoms with Crippen molar-refractivity contribution in [3.05, 3.63) is 128 Å². The smallest absolute Gasteiger partial charge is 0.115 e.